The Morgan fingerprint density at radius 3 is 2.71 bits per heavy atom. The highest BCUT2D eigenvalue weighted by atomic mass is 35.5. The lowest BCUT2D eigenvalue weighted by Gasteiger charge is -2.21. The average Bonchev–Trinajstić information content (AvgIpc) is 2.98. The van der Waals surface area contributed by atoms with E-state index in [1.807, 2.05) is 32.9 Å². The molecule has 0 saturated carbocycles. The predicted octanol–water partition coefficient (Wildman–Crippen LogP) is 3.98. The maximum Gasteiger partial charge on any atom is 0.258 e. The second-order valence-electron chi connectivity index (χ2n) is 6.52. The summed E-state index contributed by atoms with van der Waals surface area (Å²) >= 11 is 7.80. The summed E-state index contributed by atoms with van der Waals surface area (Å²) in [5.41, 5.74) is 0.661. The van der Waals surface area contributed by atoms with Gasteiger partial charge in [-0.25, -0.2) is 0 Å². The first-order valence-corrected chi connectivity index (χ1v) is 9.04. The van der Waals surface area contributed by atoms with Crippen LogP contribution in [0.15, 0.2) is 35.7 Å². The fraction of sp³-hybridized carbons (Fsp3) is 0.389. The van der Waals surface area contributed by atoms with Gasteiger partial charge in [-0.1, -0.05) is 17.7 Å². The fourth-order valence-electron chi connectivity index (χ4n) is 2.16. The van der Waals surface area contributed by atoms with Gasteiger partial charge >= 0.3 is 0 Å². The third-order valence-electron chi connectivity index (χ3n) is 3.09. The van der Waals surface area contributed by atoms with Crippen molar-refractivity contribution >= 4 is 28.8 Å². The van der Waals surface area contributed by atoms with Gasteiger partial charge in [-0.2, -0.15) is 0 Å². The number of carbonyl (C=O) groups excluding carboxylic acids is 1. The van der Waals surface area contributed by atoms with Crippen molar-refractivity contribution in [2.75, 3.05) is 6.61 Å². The first-order chi connectivity index (χ1) is 11.3. The van der Waals surface area contributed by atoms with Crippen LogP contribution in [0.5, 0.6) is 5.75 Å². The maximum absolute atomic E-state index is 11.9. The number of benzene rings is 1. The molecule has 2 aromatic rings. The Bertz CT molecular complexity index is 666. The summed E-state index contributed by atoms with van der Waals surface area (Å²) in [6.45, 7) is 7.20. The van der Waals surface area contributed by atoms with E-state index in [4.69, 9.17) is 16.3 Å². The fourth-order valence-corrected chi connectivity index (χ4v) is 3.03. The summed E-state index contributed by atoms with van der Waals surface area (Å²) in [6.07, 6.45) is 0. The lowest BCUT2D eigenvalue weighted by Crippen LogP contribution is -2.43. The summed E-state index contributed by atoms with van der Waals surface area (Å²) in [4.78, 5) is 13.2. The first kappa shape index (κ1) is 18.8. The smallest absolute Gasteiger partial charge is 0.258 e. The molecule has 0 spiro atoms. The minimum Gasteiger partial charge on any atom is -0.483 e. The SMILES string of the molecule is CC(C)(C)NC(=O)COc1ccc(Cl)cc1CNCc1cccs1. The number of amides is 1. The number of halogens is 1. The van der Waals surface area contributed by atoms with Gasteiger partial charge in [0.15, 0.2) is 6.61 Å². The van der Waals surface area contributed by atoms with Crippen LogP contribution in [0.1, 0.15) is 31.2 Å². The lowest BCUT2D eigenvalue weighted by atomic mass is 10.1. The minimum atomic E-state index is -0.272. The van der Waals surface area contributed by atoms with E-state index in [1.165, 1.54) is 4.88 Å². The van der Waals surface area contributed by atoms with E-state index < -0.39 is 0 Å². The average molecular weight is 367 g/mol. The molecule has 0 fully saturated rings. The summed E-state index contributed by atoms with van der Waals surface area (Å²) < 4.78 is 5.68. The van der Waals surface area contributed by atoms with Gasteiger partial charge in [0.1, 0.15) is 5.75 Å². The van der Waals surface area contributed by atoms with Gasteiger partial charge < -0.3 is 15.4 Å². The Morgan fingerprint density at radius 1 is 1.25 bits per heavy atom. The topological polar surface area (TPSA) is 50.4 Å². The second kappa shape index (κ2) is 8.51. The van der Waals surface area contributed by atoms with Gasteiger partial charge in [0.05, 0.1) is 0 Å². The van der Waals surface area contributed by atoms with Crippen LogP contribution in [0.3, 0.4) is 0 Å². The van der Waals surface area contributed by atoms with Crippen LogP contribution < -0.4 is 15.4 Å². The van der Waals surface area contributed by atoms with Crippen molar-refractivity contribution in [3.8, 4) is 5.75 Å². The molecule has 0 saturated heterocycles. The zero-order valence-corrected chi connectivity index (χ0v) is 15.8. The Morgan fingerprint density at radius 2 is 2.04 bits per heavy atom. The molecule has 0 aliphatic heterocycles. The third-order valence-corrected chi connectivity index (χ3v) is 4.20. The molecular formula is C18H23ClN2O2S. The van der Waals surface area contributed by atoms with Gasteiger partial charge in [0.25, 0.3) is 5.91 Å². The number of hydrogen-bond acceptors (Lipinski definition) is 4. The molecule has 0 bridgehead atoms. The largest absolute Gasteiger partial charge is 0.483 e. The maximum atomic E-state index is 11.9. The van der Waals surface area contributed by atoms with E-state index >= 15 is 0 Å². The molecule has 1 aromatic carbocycles. The summed E-state index contributed by atoms with van der Waals surface area (Å²) in [5, 5.41) is 8.95. The van der Waals surface area contributed by atoms with Gasteiger partial charge in [-0.15, -0.1) is 11.3 Å². The number of hydrogen-bond donors (Lipinski definition) is 2. The molecule has 0 aliphatic carbocycles. The van der Waals surface area contributed by atoms with Crippen molar-refractivity contribution in [2.45, 2.75) is 39.4 Å². The Kier molecular flexibility index (Phi) is 6.66. The number of carbonyl (C=O) groups is 1. The van der Waals surface area contributed by atoms with Crippen LogP contribution in [0, 0.1) is 0 Å². The number of nitrogens with one attached hydrogen (secondary N) is 2. The second-order valence-corrected chi connectivity index (χ2v) is 7.99. The van der Waals surface area contributed by atoms with E-state index in [0.717, 1.165) is 12.1 Å². The zero-order chi connectivity index (χ0) is 17.6. The number of thiophene rings is 1. The standard InChI is InChI=1S/C18H23ClN2O2S/c1-18(2,3)21-17(22)12-23-16-7-6-14(19)9-13(16)10-20-11-15-5-4-8-24-15/h4-9,20H,10-12H2,1-3H3,(H,21,22). The molecule has 24 heavy (non-hydrogen) atoms. The van der Waals surface area contributed by atoms with Crippen molar-refractivity contribution in [3.05, 3.63) is 51.2 Å². The van der Waals surface area contributed by atoms with Crippen molar-refractivity contribution in [1.82, 2.24) is 10.6 Å². The molecule has 1 amide bonds. The third kappa shape index (κ3) is 6.51. The normalized spacial score (nSPS) is 11.3. The van der Waals surface area contributed by atoms with E-state index in [-0.39, 0.29) is 18.1 Å². The molecule has 1 heterocycles. The molecule has 2 N–H and O–H groups in total. The zero-order valence-electron chi connectivity index (χ0n) is 14.2. The van der Waals surface area contributed by atoms with E-state index in [1.54, 1.807) is 23.5 Å². The summed E-state index contributed by atoms with van der Waals surface area (Å²) in [6, 6.07) is 9.55. The Balaban J connectivity index is 1.92. The first-order valence-electron chi connectivity index (χ1n) is 7.79. The van der Waals surface area contributed by atoms with E-state index in [0.29, 0.717) is 17.3 Å². The molecule has 130 valence electrons. The van der Waals surface area contributed by atoms with Gasteiger partial charge in [0, 0.05) is 34.1 Å². The van der Waals surface area contributed by atoms with Gasteiger partial charge in [-0.05, 0) is 50.4 Å². The minimum absolute atomic E-state index is 0.0170. The highest BCUT2D eigenvalue weighted by molar-refractivity contribution is 7.09. The number of rotatable bonds is 7. The van der Waals surface area contributed by atoms with Crippen LogP contribution in [0.4, 0.5) is 0 Å². The lowest BCUT2D eigenvalue weighted by molar-refractivity contribution is -0.124. The molecule has 0 unspecified atom stereocenters. The molecule has 1 aromatic heterocycles. The Hall–Kier alpha value is -1.56. The van der Waals surface area contributed by atoms with Crippen molar-refractivity contribution in [2.24, 2.45) is 0 Å². The van der Waals surface area contributed by atoms with Crippen molar-refractivity contribution < 1.29 is 9.53 Å². The quantitative estimate of drug-likeness (QED) is 0.779. The van der Waals surface area contributed by atoms with E-state index in [9.17, 15) is 4.79 Å². The highest BCUT2D eigenvalue weighted by Gasteiger charge is 2.14. The highest BCUT2D eigenvalue weighted by Crippen LogP contribution is 2.23. The molecular weight excluding hydrogens is 344 g/mol. The molecule has 6 heteroatoms. The van der Waals surface area contributed by atoms with Crippen LogP contribution in [-0.2, 0) is 17.9 Å². The van der Waals surface area contributed by atoms with Crippen molar-refractivity contribution in [3.63, 3.8) is 0 Å². The van der Waals surface area contributed by atoms with Crippen LogP contribution in [-0.4, -0.2) is 18.1 Å². The molecule has 4 nitrogen and oxygen atoms in total. The summed E-state index contributed by atoms with van der Waals surface area (Å²) in [5.74, 6) is 0.525. The van der Waals surface area contributed by atoms with E-state index in [2.05, 4.69) is 22.1 Å². The summed E-state index contributed by atoms with van der Waals surface area (Å²) in [7, 11) is 0. The predicted molar refractivity (Wildman–Crippen MR) is 99.7 cm³/mol. The van der Waals surface area contributed by atoms with Crippen LogP contribution in [0.2, 0.25) is 5.02 Å². The number of ether oxygens (including phenoxy) is 1. The molecule has 0 aliphatic rings. The van der Waals surface area contributed by atoms with Gasteiger partial charge in [0.2, 0.25) is 0 Å². The van der Waals surface area contributed by atoms with Crippen molar-refractivity contribution in [1.29, 1.82) is 0 Å². The molecule has 2 rings (SSSR count). The van der Waals surface area contributed by atoms with Gasteiger partial charge in [-0.3, -0.25) is 4.79 Å². The molecule has 0 atom stereocenters. The van der Waals surface area contributed by atoms with Crippen LogP contribution in [0.25, 0.3) is 0 Å². The monoisotopic (exact) mass is 366 g/mol. The Labute approximate surface area is 152 Å². The van der Waals surface area contributed by atoms with Crippen LogP contribution >= 0.6 is 22.9 Å². The molecule has 0 radical (unpaired) electrons.